The summed E-state index contributed by atoms with van der Waals surface area (Å²) < 4.78 is 9.41. The highest BCUT2D eigenvalue weighted by Crippen LogP contribution is 2.33. The number of fused-ring (bicyclic) bond motifs is 4. The molecule has 0 saturated carbocycles. The number of H-pyrrole nitrogens is 1. The number of benzene rings is 1. The van der Waals surface area contributed by atoms with Crippen LogP contribution in [-0.2, 0) is 13.6 Å². The van der Waals surface area contributed by atoms with Gasteiger partial charge in [-0.3, -0.25) is 14.6 Å². The van der Waals surface area contributed by atoms with E-state index >= 15 is 0 Å². The van der Waals surface area contributed by atoms with Gasteiger partial charge in [-0.05, 0) is 36.8 Å². The van der Waals surface area contributed by atoms with Crippen LogP contribution in [0.15, 0.2) is 24.4 Å². The lowest BCUT2D eigenvalue weighted by molar-refractivity contribution is 0.0764. The largest absolute Gasteiger partial charge is 0.476 e. The molecule has 0 unspecified atom stereocenters. The zero-order valence-corrected chi connectivity index (χ0v) is 18.7. The first-order valence-electron chi connectivity index (χ1n) is 10.7. The van der Waals surface area contributed by atoms with Crippen molar-refractivity contribution in [3.63, 3.8) is 0 Å². The number of aliphatic hydroxyl groups excluding tert-OH is 1. The van der Waals surface area contributed by atoms with Gasteiger partial charge in [0.25, 0.3) is 5.91 Å². The highest BCUT2D eigenvalue weighted by Gasteiger charge is 2.23. The van der Waals surface area contributed by atoms with Crippen LogP contribution < -0.4 is 4.74 Å². The smallest absolute Gasteiger partial charge is 0.274 e. The van der Waals surface area contributed by atoms with E-state index in [1.54, 1.807) is 27.5 Å². The Morgan fingerprint density at radius 3 is 2.91 bits per heavy atom. The number of nitrogens with one attached hydrogen (secondary N) is 1. The Balaban J connectivity index is 1.69. The van der Waals surface area contributed by atoms with E-state index in [2.05, 4.69) is 26.5 Å². The standard InChI is InChI=1S/C23H25N7O3/c1-14-16-5-7-20-17-12-15(4-6-19(17)25-26-20)18-13-24-29(3)23(18)33-11-9-28(2)22(32)21(16)27-30(14)8-10-31/h4-7,12-13,31H,8-11H2,1-3H3,(H,25,26)/b7-5+. The Bertz CT molecular complexity index is 1380. The van der Waals surface area contributed by atoms with Crippen LogP contribution in [0, 0.1) is 6.92 Å². The quantitative estimate of drug-likeness (QED) is 0.486. The molecule has 5 rings (SSSR count). The van der Waals surface area contributed by atoms with Gasteiger partial charge in [0, 0.05) is 30.7 Å². The van der Waals surface area contributed by atoms with Crippen LogP contribution in [0.5, 0.6) is 5.88 Å². The number of hydrogen-bond donors (Lipinski definition) is 2. The van der Waals surface area contributed by atoms with Crippen molar-refractivity contribution in [3.05, 3.63) is 47.0 Å². The van der Waals surface area contributed by atoms with E-state index in [1.807, 2.05) is 38.3 Å². The molecule has 4 aromatic rings. The van der Waals surface area contributed by atoms with Crippen molar-refractivity contribution in [2.24, 2.45) is 7.05 Å². The number of aromatic amines is 1. The molecule has 1 aliphatic rings. The van der Waals surface area contributed by atoms with Gasteiger partial charge in [-0.25, -0.2) is 4.68 Å². The number of aryl methyl sites for hydroxylation is 1. The van der Waals surface area contributed by atoms with Crippen LogP contribution in [0.4, 0.5) is 0 Å². The Morgan fingerprint density at radius 1 is 1.24 bits per heavy atom. The van der Waals surface area contributed by atoms with Crippen molar-refractivity contribution in [3.8, 4) is 17.0 Å². The van der Waals surface area contributed by atoms with Crippen molar-refractivity contribution in [2.75, 3.05) is 26.8 Å². The molecule has 10 nitrogen and oxygen atoms in total. The molecule has 1 aromatic carbocycles. The number of aliphatic hydroxyl groups is 1. The van der Waals surface area contributed by atoms with Gasteiger partial charge < -0.3 is 14.7 Å². The normalized spacial score (nSPS) is 15.2. The fourth-order valence-corrected chi connectivity index (χ4v) is 4.08. The van der Waals surface area contributed by atoms with Crippen LogP contribution in [0.2, 0.25) is 0 Å². The summed E-state index contributed by atoms with van der Waals surface area (Å²) >= 11 is 0. The van der Waals surface area contributed by atoms with E-state index in [0.717, 1.165) is 33.4 Å². The van der Waals surface area contributed by atoms with Crippen molar-refractivity contribution < 1.29 is 14.6 Å². The molecule has 1 aliphatic heterocycles. The lowest BCUT2D eigenvalue weighted by Gasteiger charge is -2.17. The van der Waals surface area contributed by atoms with Crippen molar-refractivity contribution in [2.45, 2.75) is 13.5 Å². The van der Waals surface area contributed by atoms with Crippen molar-refractivity contribution >= 4 is 29.0 Å². The number of rotatable bonds is 2. The molecule has 0 atom stereocenters. The number of nitrogens with zero attached hydrogens (tertiary/aromatic N) is 6. The number of likely N-dealkylation sites (N-methyl/N-ethyl adjacent to an activating group) is 1. The number of carbonyl (C=O) groups is 1. The molecule has 0 fully saturated rings. The average molecular weight is 447 g/mol. The second-order valence-electron chi connectivity index (χ2n) is 8.06. The summed E-state index contributed by atoms with van der Waals surface area (Å²) in [5.74, 6) is 0.419. The van der Waals surface area contributed by atoms with Gasteiger partial charge in [-0.2, -0.15) is 15.3 Å². The van der Waals surface area contributed by atoms with Crippen LogP contribution in [0.3, 0.4) is 0 Å². The fourth-order valence-electron chi connectivity index (χ4n) is 4.08. The molecule has 170 valence electrons. The Labute approximate surface area is 190 Å². The zero-order valence-electron chi connectivity index (χ0n) is 18.7. The van der Waals surface area contributed by atoms with E-state index in [1.165, 1.54) is 0 Å². The summed E-state index contributed by atoms with van der Waals surface area (Å²) in [6.45, 7) is 2.82. The molecule has 3 aromatic heterocycles. The maximum absolute atomic E-state index is 13.3. The summed E-state index contributed by atoms with van der Waals surface area (Å²) in [5.41, 5.74) is 5.34. The van der Waals surface area contributed by atoms with Gasteiger partial charge in [0.05, 0.1) is 42.7 Å². The third-order valence-electron chi connectivity index (χ3n) is 5.97. The SMILES string of the molecule is Cc1c2c(nn1CCO)C(=O)N(C)CCOc1c(cnn1C)-c1ccc3n[nH]c(c3c1)/C=C/2. The third-order valence-corrected chi connectivity index (χ3v) is 5.97. The van der Waals surface area contributed by atoms with Crippen molar-refractivity contribution in [1.82, 2.24) is 34.7 Å². The molecule has 0 aliphatic carbocycles. The summed E-state index contributed by atoms with van der Waals surface area (Å²) in [5, 5.41) is 26.7. The highest BCUT2D eigenvalue weighted by atomic mass is 16.5. The van der Waals surface area contributed by atoms with Crippen LogP contribution in [0.1, 0.15) is 27.4 Å². The van der Waals surface area contributed by atoms with Crippen LogP contribution >= 0.6 is 0 Å². The van der Waals surface area contributed by atoms with Gasteiger partial charge >= 0.3 is 0 Å². The molecule has 33 heavy (non-hydrogen) atoms. The van der Waals surface area contributed by atoms with Crippen LogP contribution in [0.25, 0.3) is 34.2 Å². The summed E-state index contributed by atoms with van der Waals surface area (Å²) in [4.78, 5) is 14.8. The fraction of sp³-hybridized carbons (Fsp3) is 0.304. The summed E-state index contributed by atoms with van der Waals surface area (Å²) in [7, 11) is 3.55. The molecule has 2 N–H and O–H groups in total. The van der Waals surface area contributed by atoms with Gasteiger partial charge in [0.1, 0.15) is 6.61 Å². The molecule has 0 radical (unpaired) electrons. The molecule has 2 bridgehead atoms. The van der Waals surface area contributed by atoms with E-state index in [0.29, 0.717) is 36.8 Å². The van der Waals surface area contributed by atoms with Crippen molar-refractivity contribution in [1.29, 1.82) is 0 Å². The molecule has 1 amide bonds. The lowest BCUT2D eigenvalue weighted by atomic mass is 10.0. The van der Waals surface area contributed by atoms with Gasteiger partial charge in [0.15, 0.2) is 5.69 Å². The second kappa shape index (κ2) is 8.21. The lowest BCUT2D eigenvalue weighted by Crippen LogP contribution is -2.32. The predicted molar refractivity (Wildman–Crippen MR) is 124 cm³/mol. The minimum absolute atomic E-state index is 0.0655. The molecular formula is C23H25N7O3. The number of amides is 1. The zero-order chi connectivity index (χ0) is 23.1. The molecule has 4 heterocycles. The van der Waals surface area contributed by atoms with E-state index in [9.17, 15) is 9.90 Å². The number of ether oxygens (including phenoxy) is 1. The first kappa shape index (κ1) is 21.0. The molecular weight excluding hydrogens is 422 g/mol. The highest BCUT2D eigenvalue weighted by molar-refractivity contribution is 5.98. The number of hydrogen-bond acceptors (Lipinski definition) is 6. The van der Waals surface area contributed by atoms with Gasteiger partial charge in [0.2, 0.25) is 5.88 Å². The summed E-state index contributed by atoms with van der Waals surface area (Å²) in [6, 6.07) is 6.01. The maximum atomic E-state index is 13.3. The molecule has 10 heteroatoms. The first-order chi connectivity index (χ1) is 16.0. The third kappa shape index (κ3) is 3.58. The minimum atomic E-state index is -0.214. The number of aromatic nitrogens is 6. The molecule has 0 spiro atoms. The molecule has 0 saturated heterocycles. The van der Waals surface area contributed by atoms with E-state index in [-0.39, 0.29) is 12.5 Å². The Hall–Kier alpha value is -3.92. The summed E-state index contributed by atoms with van der Waals surface area (Å²) in [6.07, 6.45) is 5.56. The maximum Gasteiger partial charge on any atom is 0.274 e. The minimum Gasteiger partial charge on any atom is -0.476 e. The van der Waals surface area contributed by atoms with E-state index in [4.69, 9.17) is 4.74 Å². The topological polar surface area (TPSA) is 114 Å². The Kier molecular flexibility index (Phi) is 5.21. The second-order valence-corrected chi connectivity index (χ2v) is 8.06. The van der Waals surface area contributed by atoms with Crippen LogP contribution in [-0.4, -0.2) is 72.5 Å². The van der Waals surface area contributed by atoms with Gasteiger partial charge in [-0.15, -0.1) is 0 Å². The first-order valence-corrected chi connectivity index (χ1v) is 10.7. The average Bonchev–Trinajstić information content (AvgIpc) is 3.47. The number of carbonyl (C=O) groups excluding carboxylic acids is 1. The Morgan fingerprint density at radius 2 is 2.09 bits per heavy atom. The monoisotopic (exact) mass is 447 g/mol. The van der Waals surface area contributed by atoms with Gasteiger partial charge in [-0.1, -0.05) is 6.07 Å². The van der Waals surface area contributed by atoms with E-state index < -0.39 is 0 Å². The predicted octanol–water partition coefficient (Wildman–Crippen LogP) is 2.10.